The molecule has 4 aliphatic rings. The number of hydrogen-bond acceptors (Lipinski definition) is 3. The van der Waals surface area contributed by atoms with Crippen LogP contribution in [0, 0.1) is 29.6 Å². The van der Waals surface area contributed by atoms with Gasteiger partial charge in [-0.1, -0.05) is 12.8 Å². The highest BCUT2D eigenvalue weighted by Gasteiger charge is 2.42. The molecule has 4 rings (SSSR count). The fourth-order valence-electron chi connectivity index (χ4n) is 6.25. The van der Waals surface area contributed by atoms with Crippen LogP contribution in [0.4, 0.5) is 0 Å². The molecule has 2 bridgehead atoms. The van der Waals surface area contributed by atoms with Crippen LogP contribution in [0.1, 0.15) is 51.9 Å². The molecule has 5 heteroatoms. The van der Waals surface area contributed by atoms with E-state index in [0.717, 1.165) is 36.8 Å². The van der Waals surface area contributed by atoms with Crippen LogP contribution in [0.15, 0.2) is 0 Å². The summed E-state index contributed by atoms with van der Waals surface area (Å²) in [6, 6.07) is 0.708. The number of amides is 1. The van der Waals surface area contributed by atoms with Gasteiger partial charge in [0.05, 0.1) is 6.54 Å². The summed E-state index contributed by atoms with van der Waals surface area (Å²) in [7, 11) is 0. The standard InChI is InChI=1S/C19H33N3O.ClH/c1-12(16-8-13-5-6-14(16)7-13)21-19(23)11-22-9-15-3-2-4-18(20)17(15)10-22;/h12-18H,2-11,20H2,1H3,(H,21,23);1H. The normalized spacial score (nSPS) is 42.4. The first-order valence-electron chi connectivity index (χ1n) is 9.87. The van der Waals surface area contributed by atoms with Gasteiger partial charge in [-0.05, 0) is 68.6 Å². The highest BCUT2D eigenvalue weighted by molar-refractivity contribution is 5.85. The predicted molar refractivity (Wildman–Crippen MR) is 99.0 cm³/mol. The molecule has 3 saturated carbocycles. The summed E-state index contributed by atoms with van der Waals surface area (Å²) >= 11 is 0. The zero-order valence-electron chi connectivity index (χ0n) is 15.0. The van der Waals surface area contributed by atoms with Crippen molar-refractivity contribution in [1.82, 2.24) is 10.2 Å². The van der Waals surface area contributed by atoms with Gasteiger partial charge in [0.1, 0.15) is 0 Å². The van der Waals surface area contributed by atoms with E-state index < -0.39 is 0 Å². The SMILES string of the molecule is CC(NC(=O)CN1CC2CCCC(N)C2C1)C1CC2CCC1C2.Cl. The lowest BCUT2D eigenvalue weighted by atomic mass is 9.78. The Morgan fingerprint density at radius 3 is 2.67 bits per heavy atom. The Morgan fingerprint density at radius 2 is 2.00 bits per heavy atom. The lowest BCUT2D eigenvalue weighted by Crippen LogP contribution is -2.44. The molecule has 24 heavy (non-hydrogen) atoms. The molecule has 138 valence electrons. The third kappa shape index (κ3) is 3.61. The van der Waals surface area contributed by atoms with E-state index in [4.69, 9.17) is 5.73 Å². The van der Waals surface area contributed by atoms with Crippen molar-refractivity contribution < 1.29 is 4.79 Å². The molecule has 7 unspecified atom stereocenters. The van der Waals surface area contributed by atoms with Gasteiger partial charge in [0, 0.05) is 25.2 Å². The predicted octanol–water partition coefficient (Wildman–Crippen LogP) is 2.41. The van der Waals surface area contributed by atoms with E-state index in [1.165, 1.54) is 44.9 Å². The second-order valence-electron chi connectivity index (χ2n) is 8.91. The minimum atomic E-state index is 0. The quantitative estimate of drug-likeness (QED) is 0.814. The molecule has 3 aliphatic carbocycles. The van der Waals surface area contributed by atoms with Crippen LogP contribution in [0.2, 0.25) is 0 Å². The van der Waals surface area contributed by atoms with Gasteiger partial charge in [0.25, 0.3) is 0 Å². The number of nitrogens with zero attached hydrogens (tertiary/aromatic N) is 1. The Morgan fingerprint density at radius 1 is 1.17 bits per heavy atom. The molecule has 1 aliphatic heterocycles. The zero-order valence-corrected chi connectivity index (χ0v) is 15.8. The number of nitrogens with two attached hydrogens (primary N) is 1. The second-order valence-corrected chi connectivity index (χ2v) is 8.91. The minimum Gasteiger partial charge on any atom is -0.352 e. The summed E-state index contributed by atoms with van der Waals surface area (Å²) in [5.41, 5.74) is 6.28. The van der Waals surface area contributed by atoms with Crippen molar-refractivity contribution in [3.63, 3.8) is 0 Å². The van der Waals surface area contributed by atoms with Gasteiger partial charge >= 0.3 is 0 Å². The first kappa shape index (κ1) is 18.5. The second kappa shape index (κ2) is 7.51. The molecule has 1 amide bonds. The molecule has 7 atom stereocenters. The smallest absolute Gasteiger partial charge is 0.234 e. The van der Waals surface area contributed by atoms with Gasteiger partial charge in [-0.3, -0.25) is 9.69 Å². The van der Waals surface area contributed by atoms with Crippen molar-refractivity contribution in [2.45, 2.75) is 64.0 Å². The molecule has 0 aromatic heterocycles. The topological polar surface area (TPSA) is 58.4 Å². The molecule has 4 fully saturated rings. The molecule has 0 aromatic rings. The van der Waals surface area contributed by atoms with Crippen LogP contribution in [0.25, 0.3) is 0 Å². The number of halogens is 1. The Balaban J connectivity index is 0.00000169. The van der Waals surface area contributed by atoms with Crippen LogP contribution in [-0.2, 0) is 4.79 Å². The lowest BCUT2D eigenvalue weighted by Gasteiger charge is -2.30. The maximum absolute atomic E-state index is 12.5. The third-order valence-corrected chi connectivity index (χ3v) is 7.42. The van der Waals surface area contributed by atoms with Gasteiger partial charge < -0.3 is 11.1 Å². The molecule has 1 heterocycles. The Labute approximate surface area is 152 Å². The molecule has 3 N–H and O–H groups in total. The van der Waals surface area contributed by atoms with E-state index in [-0.39, 0.29) is 18.3 Å². The van der Waals surface area contributed by atoms with Crippen LogP contribution < -0.4 is 11.1 Å². The van der Waals surface area contributed by atoms with Gasteiger partial charge in [-0.2, -0.15) is 0 Å². The van der Waals surface area contributed by atoms with Crippen LogP contribution >= 0.6 is 12.4 Å². The van der Waals surface area contributed by atoms with E-state index in [2.05, 4.69) is 17.1 Å². The van der Waals surface area contributed by atoms with Crippen molar-refractivity contribution in [3.05, 3.63) is 0 Å². The number of fused-ring (bicyclic) bond motifs is 3. The summed E-state index contributed by atoms with van der Waals surface area (Å²) in [4.78, 5) is 14.8. The van der Waals surface area contributed by atoms with Gasteiger partial charge in [0.15, 0.2) is 0 Å². The number of hydrogen-bond donors (Lipinski definition) is 2. The first-order chi connectivity index (χ1) is 11.1. The Kier molecular flexibility index (Phi) is 5.78. The van der Waals surface area contributed by atoms with Crippen LogP contribution in [-0.4, -0.2) is 42.5 Å². The number of nitrogens with one attached hydrogen (secondary N) is 1. The van der Waals surface area contributed by atoms with E-state index >= 15 is 0 Å². The monoisotopic (exact) mass is 355 g/mol. The summed E-state index contributed by atoms with van der Waals surface area (Å²) in [5, 5.41) is 3.31. The lowest BCUT2D eigenvalue weighted by molar-refractivity contribution is -0.123. The fourth-order valence-corrected chi connectivity index (χ4v) is 6.25. The van der Waals surface area contributed by atoms with Crippen molar-refractivity contribution in [1.29, 1.82) is 0 Å². The van der Waals surface area contributed by atoms with Crippen LogP contribution in [0.3, 0.4) is 0 Å². The Bertz CT molecular complexity index is 460. The fraction of sp³-hybridized carbons (Fsp3) is 0.947. The van der Waals surface area contributed by atoms with Crippen LogP contribution in [0.5, 0.6) is 0 Å². The van der Waals surface area contributed by atoms with Crippen molar-refractivity contribution in [2.75, 3.05) is 19.6 Å². The van der Waals surface area contributed by atoms with E-state index in [1.54, 1.807) is 0 Å². The molecular formula is C19H34ClN3O. The number of carbonyl (C=O) groups is 1. The average Bonchev–Trinajstić information content (AvgIpc) is 3.21. The van der Waals surface area contributed by atoms with E-state index in [1.807, 2.05) is 0 Å². The number of likely N-dealkylation sites (tertiary alicyclic amines) is 1. The van der Waals surface area contributed by atoms with Gasteiger partial charge in [0.2, 0.25) is 5.91 Å². The zero-order chi connectivity index (χ0) is 16.0. The highest BCUT2D eigenvalue weighted by atomic mass is 35.5. The average molecular weight is 356 g/mol. The molecule has 0 radical (unpaired) electrons. The molecule has 1 saturated heterocycles. The molecule has 4 nitrogen and oxygen atoms in total. The van der Waals surface area contributed by atoms with E-state index in [0.29, 0.717) is 24.5 Å². The van der Waals surface area contributed by atoms with E-state index in [9.17, 15) is 4.79 Å². The third-order valence-electron chi connectivity index (χ3n) is 7.42. The summed E-state index contributed by atoms with van der Waals surface area (Å²) in [6.07, 6.45) is 9.32. The maximum atomic E-state index is 12.5. The van der Waals surface area contributed by atoms with Crippen molar-refractivity contribution in [3.8, 4) is 0 Å². The van der Waals surface area contributed by atoms with Crippen molar-refractivity contribution >= 4 is 18.3 Å². The minimum absolute atomic E-state index is 0. The first-order valence-corrected chi connectivity index (χ1v) is 9.87. The Hall–Kier alpha value is -0.320. The van der Waals surface area contributed by atoms with Crippen molar-refractivity contribution in [2.24, 2.45) is 35.3 Å². The summed E-state index contributed by atoms with van der Waals surface area (Å²) in [6.45, 7) is 4.91. The molecule has 0 aromatic carbocycles. The molecular weight excluding hydrogens is 322 g/mol. The van der Waals surface area contributed by atoms with Gasteiger partial charge in [-0.15, -0.1) is 12.4 Å². The van der Waals surface area contributed by atoms with Gasteiger partial charge in [-0.25, -0.2) is 0 Å². The summed E-state index contributed by atoms with van der Waals surface area (Å²) in [5.74, 6) is 4.14. The number of carbonyl (C=O) groups excluding carboxylic acids is 1. The highest BCUT2D eigenvalue weighted by Crippen LogP contribution is 2.49. The molecule has 0 spiro atoms. The largest absolute Gasteiger partial charge is 0.352 e. The maximum Gasteiger partial charge on any atom is 0.234 e. The summed E-state index contributed by atoms with van der Waals surface area (Å²) < 4.78 is 0. The number of rotatable bonds is 4.